The average molecular weight is 275 g/mol. The van der Waals surface area contributed by atoms with Gasteiger partial charge in [0.1, 0.15) is 12.4 Å². The lowest BCUT2D eigenvalue weighted by Gasteiger charge is -2.13. The maximum Gasteiger partial charge on any atom is 0.121 e. The predicted octanol–water partition coefficient (Wildman–Crippen LogP) is 5.43. The summed E-state index contributed by atoms with van der Waals surface area (Å²) < 4.78 is 5.76. The van der Waals surface area contributed by atoms with E-state index >= 15 is 0 Å². The summed E-state index contributed by atoms with van der Waals surface area (Å²) in [7, 11) is 0. The van der Waals surface area contributed by atoms with Gasteiger partial charge in [0.05, 0.1) is 0 Å². The Balaban J connectivity index is 2.04. The highest BCUT2D eigenvalue weighted by molar-refractivity contribution is 6.31. The highest BCUT2D eigenvalue weighted by atomic mass is 35.5. The largest absolute Gasteiger partial charge is 0.489 e. The predicted molar refractivity (Wildman–Crippen MR) is 80.9 cm³/mol. The maximum absolute atomic E-state index is 6.30. The van der Waals surface area contributed by atoms with E-state index in [9.17, 15) is 0 Å². The van der Waals surface area contributed by atoms with E-state index in [-0.39, 0.29) is 0 Å². The minimum atomic E-state index is 0.482. The minimum absolute atomic E-state index is 0.482. The van der Waals surface area contributed by atoms with E-state index in [0.29, 0.717) is 12.5 Å². The van der Waals surface area contributed by atoms with E-state index in [1.807, 2.05) is 30.3 Å². The molecule has 0 saturated carbocycles. The third-order valence-electron chi connectivity index (χ3n) is 3.36. The maximum atomic E-state index is 6.30. The van der Waals surface area contributed by atoms with Crippen LogP contribution in [0, 0.1) is 0 Å². The van der Waals surface area contributed by atoms with E-state index in [1.54, 1.807) is 0 Å². The molecule has 100 valence electrons. The standard InChI is InChI=1S/C17H19ClO/c1-3-13(2)16-10-9-15(11-17(16)18)19-12-14-7-5-4-6-8-14/h4-11,13H,3,12H2,1-2H3. The van der Waals surface area contributed by atoms with Crippen LogP contribution in [0.5, 0.6) is 5.75 Å². The first-order valence-electron chi connectivity index (χ1n) is 6.67. The van der Waals surface area contributed by atoms with Gasteiger partial charge < -0.3 is 4.74 Å². The van der Waals surface area contributed by atoms with Gasteiger partial charge in [-0.3, -0.25) is 0 Å². The molecule has 0 saturated heterocycles. The smallest absolute Gasteiger partial charge is 0.121 e. The van der Waals surface area contributed by atoms with Gasteiger partial charge >= 0.3 is 0 Å². The molecule has 0 heterocycles. The summed E-state index contributed by atoms with van der Waals surface area (Å²) in [5.74, 6) is 1.30. The Morgan fingerprint density at radius 3 is 2.47 bits per heavy atom. The van der Waals surface area contributed by atoms with Crippen molar-refractivity contribution in [1.82, 2.24) is 0 Å². The van der Waals surface area contributed by atoms with Crippen molar-refractivity contribution in [2.45, 2.75) is 32.8 Å². The quantitative estimate of drug-likeness (QED) is 0.706. The van der Waals surface area contributed by atoms with Crippen LogP contribution in [0.1, 0.15) is 37.3 Å². The molecule has 0 aliphatic carbocycles. The molecule has 0 spiro atoms. The molecule has 19 heavy (non-hydrogen) atoms. The Hall–Kier alpha value is -1.47. The van der Waals surface area contributed by atoms with Gasteiger partial charge in [0, 0.05) is 5.02 Å². The highest BCUT2D eigenvalue weighted by Gasteiger charge is 2.08. The molecule has 1 atom stereocenters. The summed E-state index contributed by atoms with van der Waals surface area (Å²) in [5, 5.41) is 0.792. The van der Waals surface area contributed by atoms with Gasteiger partial charge in [0.15, 0.2) is 0 Å². The van der Waals surface area contributed by atoms with Gasteiger partial charge in [-0.15, -0.1) is 0 Å². The van der Waals surface area contributed by atoms with E-state index in [2.05, 4.69) is 32.0 Å². The molecule has 2 aromatic rings. The summed E-state index contributed by atoms with van der Waals surface area (Å²) in [6.45, 7) is 4.92. The van der Waals surface area contributed by atoms with Gasteiger partial charge in [0.2, 0.25) is 0 Å². The van der Waals surface area contributed by atoms with Crippen LogP contribution in [0.4, 0.5) is 0 Å². The fourth-order valence-corrected chi connectivity index (χ4v) is 2.31. The third-order valence-corrected chi connectivity index (χ3v) is 3.69. The average Bonchev–Trinajstić information content (AvgIpc) is 2.45. The number of halogens is 1. The molecule has 0 aliphatic rings. The molecule has 2 aromatic carbocycles. The fraction of sp³-hybridized carbons (Fsp3) is 0.294. The lowest BCUT2D eigenvalue weighted by molar-refractivity contribution is 0.306. The van der Waals surface area contributed by atoms with E-state index in [0.717, 1.165) is 22.8 Å². The molecule has 0 radical (unpaired) electrons. The Morgan fingerprint density at radius 2 is 1.84 bits per heavy atom. The Labute approximate surface area is 120 Å². The number of benzene rings is 2. The van der Waals surface area contributed by atoms with Crippen molar-refractivity contribution < 1.29 is 4.74 Å². The van der Waals surface area contributed by atoms with Crippen LogP contribution in [0.15, 0.2) is 48.5 Å². The molecule has 2 heteroatoms. The van der Waals surface area contributed by atoms with Gasteiger partial charge in [-0.2, -0.15) is 0 Å². The van der Waals surface area contributed by atoms with Gasteiger partial charge in [0.25, 0.3) is 0 Å². The van der Waals surface area contributed by atoms with Crippen LogP contribution < -0.4 is 4.74 Å². The number of ether oxygens (including phenoxy) is 1. The zero-order valence-corrected chi connectivity index (χ0v) is 12.2. The van der Waals surface area contributed by atoms with Crippen molar-refractivity contribution in [3.8, 4) is 5.75 Å². The van der Waals surface area contributed by atoms with Crippen LogP contribution in [0.2, 0.25) is 5.02 Å². The van der Waals surface area contributed by atoms with Crippen molar-refractivity contribution in [2.75, 3.05) is 0 Å². The van der Waals surface area contributed by atoms with Crippen molar-refractivity contribution in [1.29, 1.82) is 0 Å². The van der Waals surface area contributed by atoms with Crippen molar-refractivity contribution in [2.24, 2.45) is 0 Å². The molecule has 2 rings (SSSR count). The van der Waals surface area contributed by atoms with Crippen molar-refractivity contribution >= 4 is 11.6 Å². The lowest BCUT2D eigenvalue weighted by atomic mass is 9.99. The summed E-state index contributed by atoms with van der Waals surface area (Å²) in [6, 6.07) is 16.1. The summed E-state index contributed by atoms with van der Waals surface area (Å²) in [5.41, 5.74) is 2.35. The second-order valence-corrected chi connectivity index (χ2v) is 5.17. The lowest BCUT2D eigenvalue weighted by Crippen LogP contribution is -1.97. The summed E-state index contributed by atoms with van der Waals surface area (Å²) in [4.78, 5) is 0. The molecule has 0 bridgehead atoms. The molecule has 1 nitrogen and oxygen atoms in total. The topological polar surface area (TPSA) is 9.23 Å². The first kappa shape index (κ1) is 14.0. The van der Waals surface area contributed by atoms with Crippen LogP contribution in [-0.2, 0) is 6.61 Å². The number of hydrogen-bond donors (Lipinski definition) is 0. The molecular weight excluding hydrogens is 256 g/mol. The molecule has 0 amide bonds. The Bertz CT molecular complexity index is 522. The first-order valence-corrected chi connectivity index (χ1v) is 7.04. The second-order valence-electron chi connectivity index (χ2n) is 4.77. The van der Waals surface area contributed by atoms with Crippen molar-refractivity contribution in [3.05, 3.63) is 64.7 Å². The third kappa shape index (κ3) is 3.74. The zero-order chi connectivity index (χ0) is 13.7. The monoisotopic (exact) mass is 274 g/mol. The van der Waals surface area contributed by atoms with Gasteiger partial charge in [-0.1, -0.05) is 61.8 Å². The summed E-state index contributed by atoms with van der Waals surface area (Å²) in [6.07, 6.45) is 1.09. The molecule has 0 N–H and O–H groups in total. The minimum Gasteiger partial charge on any atom is -0.489 e. The normalized spacial score (nSPS) is 12.2. The van der Waals surface area contributed by atoms with Crippen LogP contribution >= 0.6 is 11.6 Å². The molecule has 0 aromatic heterocycles. The van der Waals surface area contributed by atoms with Crippen LogP contribution in [0.25, 0.3) is 0 Å². The zero-order valence-electron chi connectivity index (χ0n) is 11.4. The molecule has 1 unspecified atom stereocenters. The number of hydrogen-bond acceptors (Lipinski definition) is 1. The highest BCUT2D eigenvalue weighted by Crippen LogP contribution is 2.30. The SMILES string of the molecule is CCC(C)c1ccc(OCc2ccccc2)cc1Cl. The summed E-state index contributed by atoms with van der Waals surface area (Å²) >= 11 is 6.30. The molecule has 0 fully saturated rings. The van der Waals surface area contributed by atoms with Gasteiger partial charge in [-0.25, -0.2) is 0 Å². The fourth-order valence-electron chi connectivity index (χ4n) is 1.96. The first-order chi connectivity index (χ1) is 9.20. The van der Waals surface area contributed by atoms with Crippen molar-refractivity contribution in [3.63, 3.8) is 0 Å². The molecule has 0 aliphatic heterocycles. The van der Waals surface area contributed by atoms with Crippen LogP contribution in [-0.4, -0.2) is 0 Å². The second kappa shape index (κ2) is 6.63. The van der Waals surface area contributed by atoms with E-state index in [1.165, 1.54) is 5.56 Å². The van der Waals surface area contributed by atoms with E-state index < -0.39 is 0 Å². The Morgan fingerprint density at radius 1 is 1.11 bits per heavy atom. The Kier molecular flexibility index (Phi) is 4.86. The van der Waals surface area contributed by atoms with E-state index in [4.69, 9.17) is 16.3 Å². The van der Waals surface area contributed by atoms with Crippen LogP contribution in [0.3, 0.4) is 0 Å². The number of rotatable bonds is 5. The molecular formula is C17H19ClO. The van der Waals surface area contributed by atoms with Gasteiger partial charge in [-0.05, 0) is 35.6 Å².